The highest BCUT2D eigenvalue weighted by atomic mass is 19.4. The van der Waals surface area contributed by atoms with Crippen LogP contribution in [0.15, 0.2) is 48.8 Å². The van der Waals surface area contributed by atoms with E-state index in [9.17, 15) is 35.5 Å². The summed E-state index contributed by atoms with van der Waals surface area (Å²) >= 11 is 0. The number of aromatic nitrogens is 1. The fourth-order valence-corrected chi connectivity index (χ4v) is 3.90. The predicted molar refractivity (Wildman–Crippen MR) is 122 cm³/mol. The summed E-state index contributed by atoms with van der Waals surface area (Å²) in [4.78, 5) is 36.3. The molecule has 4 rings (SSSR count). The first kappa shape index (κ1) is 32.4. The van der Waals surface area contributed by atoms with Gasteiger partial charge in [-0.2, -0.15) is 26.3 Å². The first-order valence-corrected chi connectivity index (χ1v) is 11.4. The summed E-state index contributed by atoms with van der Waals surface area (Å²) in [6.07, 6.45) is -6.71. The average Bonchev–Trinajstić information content (AvgIpc) is 3.44. The van der Waals surface area contributed by atoms with E-state index in [1.165, 1.54) is 12.1 Å². The zero-order valence-corrected chi connectivity index (χ0v) is 20.5. The maximum absolute atomic E-state index is 13.0. The van der Waals surface area contributed by atoms with Crippen molar-refractivity contribution in [3.05, 3.63) is 65.7 Å². The topological polar surface area (TPSA) is 129 Å². The molecule has 2 aliphatic heterocycles. The van der Waals surface area contributed by atoms with Gasteiger partial charge in [0.15, 0.2) is 0 Å². The van der Waals surface area contributed by atoms with Crippen LogP contribution in [0.2, 0.25) is 0 Å². The van der Waals surface area contributed by atoms with E-state index in [2.05, 4.69) is 15.2 Å². The van der Waals surface area contributed by atoms with Crippen molar-refractivity contribution >= 4 is 17.8 Å². The van der Waals surface area contributed by atoms with Gasteiger partial charge >= 0.3 is 24.3 Å². The second kappa shape index (κ2) is 14.0. The van der Waals surface area contributed by atoms with E-state index in [1.54, 1.807) is 24.5 Å². The lowest BCUT2D eigenvalue weighted by molar-refractivity contribution is -0.193. The number of pyridine rings is 1. The Morgan fingerprint density at radius 1 is 0.925 bits per heavy atom. The maximum Gasteiger partial charge on any atom is 0.490 e. The van der Waals surface area contributed by atoms with Gasteiger partial charge in [0, 0.05) is 56.0 Å². The molecule has 3 heterocycles. The lowest BCUT2D eigenvalue weighted by Crippen LogP contribution is -2.34. The third-order valence-electron chi connectivity index (χ3n) is 5.79. The molecule has 0 saturated carbocycles. The lowest BCUT2D eigenvalue weighted by Gasteiger charge is -2.20. The number of carbonyl (C=O) groups excluding carboxylic acids is 1. The standard InChI is InChI=1S/C20H22FN3O2.2C2HF3O2/c21-17-3-1-14(2-4-17)10-24-11-18-16(13-26-19(18)12-24)9-23-20(25)15-5-7-22-8-6-15;2*3-2(4,5)1(6)7/h1-8,16,18-19H,9-13H2,(H,23,25);2*(H,6,7)/t16-,18+,19+;;/m0../s1. The minimum atomic E-state index is -5.08. The molecule has 0 unspecified atom stereocenters. The first-order chi connectivity index (χ1) is 18.6. The molecule has 1 aromatic heterocycles. The Balaban J connectivity index is 0.000000333. The SMILES string of the molecule is O=C(NC[C@H]1CO[C@@H]2CN(Cc3ccc(F)cc3)C[C@H]12)c1ccncc1.O=C(O)C(F)(F)F.O=C(O)C(F)(F)F. The Kier molecular flexibility index (Phi) is 11.4. The van der Waals surface area contributed by atoms with Gasteiger partial charge in [-0.05, 0) is 29.8 Å². The van der Waals surface area contributed by atoms with Crippen molar-refractivity contribution < 1.29 is 60.1 Å². The number of carboxylic acids is 2. The summed E-state index contributed by atoms with van der Waals surface area (Å²) in [5.74, 6) is -5.05. The zero-order chi connectivity index (χ0) is 30.1. The summed E-state index contributed by atoms with van der Waals surface area (Å²) in [6.45, 7) is 3.93. The fourth-order valence-electron chi connectivity index (χ4n) is 3.90. The van der Waals surface area contributed by atoms with Crippen LogP contribution in [-0.4, -0.2) is 82.6 Å². The molecule has 1 amide bonds. The van der Waals surface area contributed by atoms with Crippen molar-refractivity contribution in [3.63, 3.8) is 0 Å². The van der Waals surface area contributed by atoms with Gasteiger partial charge in [-0.25, -0.2) is 14.0 Å². The molecule has 2 aromatic rings. The molecular weight excluding hydrogens is 559 g/mol. The minimum absolute atomic E-state index is 0.0722. The number of ether oxygens (including phenoxy) is 1. The van der Waals surface area contributed by atoms with Gasteiger partial charge in [0.25, 0.3) is 5.91 Å². The quantitative estimate of drug-likeness (QED) is 0.458. The number of fused-ring (bicyclic) bond motifs is 1. The largest absolute Gasteiger partial charge is 0.490 e. The van der Waals surface area contributed by atoms with Crippen LogP contribution in [0.5, 0.6) is 0 Å². The lowest BCUT2D eigenvalue weighted by atomic mass is 9.93. The normalized spacial score (nSPS) is 20.3. The molecule has 1 aromatic carbocycles. The molecule has 2 fully saturated rings. The summed E-state index contributed by atoms with van der Waals surface area (Å²) < 4.78 is 82.5. The Bertz CT molecular complexity index is 1110. The summed E-state index contributed by atoms with van der Waals surface area (Å²) in [5, 5.41) is 17.3. The molecule has 9 nitrogen and oxygen atoms in total. The van der Waals surface area contributed by atoms with Crippen molar-refractivity contribution in [2.45, 2.75) is 25.0 Å². The van der Waals surface area contributed by atoms with E-state index >= 15 is 0 Å². The second-order valence-electron chi connectivity index (χ2n) is 8.67. The number of carboxylic acid groups (broad SMARTS) is 2. The average molecular weight is 583 g/mol. The molecule has 2 saturated heterocycles. The van der Waals surface area contributed by atoms with E-state index < -0.39 is 24.3 Å². The van der Waals surface area contributed by atoms with Crippen LogP contribution in [0.4, 0.5) is 30.7 Å². The highest BCUT2D eigenvalue weighted by molar-refractivity contribution is 5.93. The van der Waals surface area contributed by atoms with Crippen molar-refractivity contribution in [2.75, 3.05) is 26.2 Å². The molecule has 220 valence electrons. The number of aliphatic carboxylic acids is 2. The maximum atomic E-state index is 13.0. The van der Waals surface area contributed by atoms with Gasteiger partial charge < -0.3 is 20.3 Å². The molecular formula is C24H24F7N3O6. The van der Waals surface area contributed by atoms with Gasteiger partial charge in [0.2, 0.25) is 0 Å². The van der Waals surface area contributed by atoms with E-state index in [1.807, 2.05) is 12.1 Å². The van der Waals surface area contributed by atoms with Crippen LogP contribution < -0.4 is 5.32 Å². The highest BCUT2D eigenvalue weighted by Gasteiger charge is 2.43. The number of halogens is 7. The van der Waals surface area contributed by atoms with Crippen LogP contribution in [0.1, 0.15) is 15.9 Å². The van der Waals surface area contributed by atoms with Crippen LogP contribution in [-0.2, 0) is 20.9 Å². The Hall–Kier alpha value is -3.79. The molecule has 0 bridgehead atoms. The van der Waals surface area contributed by atoms with Crippen molar-refractivity contribution in [2.24, 2.45) is 11.8 Å². The first-order valence-electron chi connectivity index (χ1n) is 11.4. The number of rotatable bonds is 5. The van der Waals surface area contributed by atoms with E-state index in [-0.39, 0.29) is 17.8 Å². The molecule has 16 heteroatoms. The predicted octanol–water partition coefficient (Wildman–Crippen LogP) is 3.36. The smallest absolute Gasteiger partial charge is 0.475 e. The molecule has 0 radical (unpaired) electrons. The van der Waals surface area contributed by atoms with Crippen LogP contribution >= 0.6 is 0 Å². The summed E-state index contributed by atoms with van der Waals surface area (Å²) in [7, 11) is 0. The van der Waals surface area contributed by atoms with Gasteiger partial charge in [0.05, 0.1) is 12.7 Å². The van der Waals surface area contributed by atoms with Gasteiger partial charge in [-0.3, -0.25) is 14.7 Å². The molecule has 3 N–H and O–H groups in total. The number of nitrogens with zero attached hydrogens (tertiary/aromatic N) is 2. The second-order valence-corrected chi connectivity index (χ2v) is 8.67. The number of hydrogen-bond acceptors (Lipinski definition) is 6. The van der Waals surface area contributed by atoms with E-state index in [4.69, 9.17) is 24.5 Å². The van der Waals surface area contributed by atoms with Gasteiger partial charge in [0.1, 0.15) is 5.82 Å². The van der Waals surface area contributed by atoms with Crippen LogP contribution in [0, 0.1) is 17.7 Å². The Morgan fingerprint density at radius 3 is 1.95 bits per heavy atom. The monoisotopic (exact) mass is 583 g/mol. The van der Waals surface area contributed by atoms with Gasteiger partial charge in [-0.1, -0.05) is 12.1 Å². The molecule has 2 aliphatic rings. The minimum Gasteiger partial charge on any atom is -0.475 e. The number of likely N-dealkylation sites (tertiary alicyclic amines) is 1. The number of alkyl halides is 6. The Morgan fingerprint density at radius 2 is 1.45 bits per heavy atom. The molecule has 0 spiro atoms. The zero-order valence-electron chi connectivity index (χ0n) is 20.5. The molecule has 0 aliphatic carbocycles. The van der Waals surface area contributed by atoms with E-state index in [0.717, 1.165) is 25.2 Å². The van der Waals surface area contributed by atoms with Crippen molar-refractivity contribution in [3.8, 4) is 0 Å². The van der Waals surface area contributed by atoms with Crippen molar-refractivity contribution in [1.82, 2.24) is 15.2 Å². The number of amides is 1. The fraction of sp³-hybridized carbons (Fsp3) is 0.417. The molecule has 40 heavy (non-hydrogen) atoms. The molecule has 3 atom stereocenters. The van der Waals surface area contributed by atoms with Crippen LogP contribution in [0.25, 0.3) is 0 Å². The van der Waals surface area contributed by atoms with Gasteiger partial charge in [-0.15, -0.1) is 0 Å². The number of hydrogen-bond donors (Lipinski definition) is 3. The third kappa shape index (κ3) is 10.4. The van der Waals surface area contributed by atoms with Crippen molar-refractivity contribution in [1.29, 1.82) is 0 Å². The Labute approximate surface area is 222 Å². The van der Waals surface area contributed by atoms with E-state index in [0.29, 0.717) is 30.6 Å². The highest BCUT2D eigenvalue weighted by Crippen LogP contribution is 2.34. The number of carbonyl (C=O) groups is 3. The summed E-state index contributed by atoms with van der Waals surface area (Å²) in [5.41, 5.74) is 1.73. The third-order valence-corrected chi connectivity index (χ3v) is 5.79. The summed E-state index contributed by atoms with van der Waals surface area (Å²) in [6, 6.07) is 10.1. The number of benzene rings is 1. The van der Waals surface area contributed by atoms with Crippen LogP contribution in [0.3, 0.4) is 0 Å². The number of nitrogens with one attached hydrogen (secondary N) is 1.